The van der Waals surface area contributed by atoms with E-state index in [1.54, 1.807) is 12.2 Å². The molecule has 1 unspecified atom stereocenters. The van der Waals surface area contributed by atoms with Crippen LogP contribution in [0.5, 0.6) is 0 Å². The Labute approximate surface area is 55.2 Å². The molecule has 0 saturated carbocycles. The quantitative estimate of drug-likeness (QED) is 0.522. The van der Waals surface area contributed by atoms with Crippen molar-refractivity contribution in [1.82, 2.24) is 0 Å². The normalized spacial score (nSPS) is 23.3. The Morgan fingerprint density at radius 3 is 2.67 bits per heavy atom. The highest BCUT2D eigenvalue weighted by molar-refractivity contribution is 8.09. The van der Waals surface area contributed by atoms with E-state index in [0.29, 0.717) is 0 Å². The summed E-state index contributed by atoms with van der Waals surface area (Å²) >= 11 is -1.05. The maximum Gasteiger partial charge on any atom is 0.575 e. The van der Waals surface area contributed by atoms with Crippen molar-refractivity contribution >= 4 is 16.5 Å². The predicted molar refractivity (Wildman–Crippen MR) is 34.8 cm³/mol. The first-order valence-electron chi connectivity index (χ1n) is 2.27. The molecule has 1 heterocycles. The number of allylic oxidation sites excluding steroid dienone is 2. The Morgan fingerprint density at radius 2 is 2.33 bits per heavy atom. The van der Waals surface area contributed by atoms with Gasteiger partial charge < -0.3 is 5.11 Å². The Hall–Kier alpha value is -0.900. The Kier molecular flexibility index (Phi) is 1.79. The van der Waals surface area contributed by atoms with Gasteiger partial charge in [0, 0.05) is 0 Å². The van der Waals surface area contributed by atoms with E-state index in [1.165, 1.54) is 11.7 Å². The van der Waals surface area contributed by atoms with E-state index < -0.39 is 16.5 Å². The lowest BCUT2D eigenvalue weighted by Crippen LogP contribution is -2.11. The highest BCUT2D eigenvalue weighted by atomic mass is 32.2. The molecule has 0 fully saturated rings. The maximum atomic E-state index is 10.2. The fraction of sp³-hybridized carbons (Fsp3) is 0. The zero-order valence-electron chi connectivity index (χ0n) is 4.48. The first kappa shape index (κ1) is 6.22. The Balaban J connectivity index is 2.56. The van der Waals surface area contributed by atoms with Crippen LogP contribution in [0.1, 0.15) is 0 Å². The van der Waals surface area contributed by atoms with Gasteiger partial charge in [-0.1, -0.05) is 0 Å². The van der Waals surface area contributed by atoms with E-state index in [1.807, 2.05) is 0 Å². The van der Waals surface area contributed by atoms with Crippen LogP contribution in [0.4, 0.5) is 4.79 Å². The monoisotopic (exact) mass is 145 g/mol. The second-order valence-corrected chi connectivity index (χ2v) is 2.73. The molecule has 1 aliphatic heterocycles. The van der Waals surface area contributed by atoms with Gasteiger partial charge in [0.25, 0.3) is 0 Å². The van der Waals surface area contributed by atoms with Crippen LogP contribution < -0.4 is 0 Å². The molecule has 0 amide bonds. The van der Waals surface area contributed by atoms with E-state index >= 15 is 0 Å². The summed E-state index contributed by atoms with van der Waals surface area (Å²) in [6.45, 7) is 0. The van der Waals surface area contributed by atoms with E-state index in [0.717, 1.165) is 0 Å². The van der Waals surface area contributed by atoms with Gasteiger partial charge in [-0.3, -0.25) is 4.18 Å². The lowest BCUT2D eigenvalue weighted by molar-refractivity contribution is 0.219. The van der Waals surface area contributed by atoms with Crippen LogP contribution in [0.15, 0.2) is 23.8 Å². The number of carboxylic acid groups (broad SMARTS) is 1. The minimum absolute atomic E-state index is 0.935. The molecule has 0 aromatic rings. The summed E-state index contributed by atoms with van der Waals surface area (Å²) in [6.07, 6.45) is 4.67. The molecule has 0 radical (unpaired) electrons. The van der Waals surface area contributed by atoms with Crippen LogP contribution in [0.25, 0.3) is 0 Å². The van der Waals surface area contributed by atoms with Crippen LogP contribution in [-0.2, 0) is 15.4 Å². The summed E-state index contributed by atoms with van der Waals surface area (Å²) in [7, 11) is 0. The van der Waals surface area contributed by atoms with Crippen LogP contribution >= 0.6 is 0 Å². The molecule has 0 aliphatic carbocycles. The van der Waals surface area contributed by atoms with Gasteiger partial charge in [-0.2, -0.15) is 4.79 Å². The van der Waals surface area contributed by atoms with Crippen molar-refractivity contribution < 1.29 is 14.1 Å². The molecule has 0 aromatic heterocycles. The molecule has 0 bridgehead atoms. The number of carbonyl (C=O) groups is 1. The van der Waals surface area contributed by atoms with Gasteiger partial charge in [0.15, 0.2) is 11.7 Å². The molecule has 9 heavy (non-hydrogen) atoms. The molecule has 0 aromatic carbocycles. The first-order chi connectivity index (χ1) is 4.30. The molecule has 3 nitrogen and oxygen atoms in total. The highest BCUT2D eigenvalue weighted by Gasteiger charge is 2.29. The van der Waals surface area contributed by atoms with Gasteiger partial charge >= 0.3 is 16.5 Å². The standard InChI is InChI=1S/C5H4O3S/c6-5(7)9-4-2-1-3-8-9/h1-4H/p+1. The summed E-state index contributed by atoms with van der Waals surface area (Å²) in [6, 6.07) is 0. The van der Waals surface area contributed by atoms with Crippen molar-refractivity contribution in [3.05, 3.63) is 23.8 Å². The third kappa shape index (κ3) is 1.50. The molecule has 1 N–H and O–H groups in total. The highest BCUT2D eigenvalue weighted by Crippen LogP contribution is 2.07. The maximum absolute atomic E-state index is 10.2. The summed E-state index contributed by atoms with van der Waals surface area (Å²) < 4.78 is 4.70. The Bertz CT molecular complexity index is 173. The minimum atomic E-state index is -1.05. The van der Waals surface area contributed by atoms with Crippen LogP contribution in [0, 0.1) is 0 Å². The van der Waals surface area contributed by atoms with Gasteiger partial charge in [0.1, 0.15) is 0 Å². The summed E-state index contributed by atoms with van der Waals surface area (Å²) in [5.74, 6) is 0. The molecule has 0 saturated heterocycles. The average molecular weight is 145 g/mol. The molecule has 1 atom stereocenters. The SMILES string of the molecule is O=C(O)[S+]1C=CC=CO1. The molecule has 0 spiro atoms. The van der Waals surface area contributed by atoms with Crippen LogP contribution in [-0.4, -0.2) is 10.4 Å². The minimum Gasteiger partial charge on any atom is -0.438 e. The number of rotatable bonds is 0. The smallest absolute Gasteiger partial charge is 0.438 e. The molecule has 1 rings (SSSR count). The van der Waals surface area contributed by atoms with Gasteiger partial charge in [-0.15, -0.1) is 0 Å². The summed E-state index contributed by atoms with van der Waals surface area (Å²) in [5, 5.41) is 8.91. The lowest BCUT2D eigenvalue weighted by atomic mass is 10.6. The van der Waals surface area contributed by atoms with E-state index in [9.17, 15) is 4.79 Å². The number of hydrogen-bond donors (Lipinski definition) is 1. The van der Waals surface area contributed by atoms with Gasteiger partial charge in [0.2, 0.25) is 0 Å². The fourth-order valence-electron chi connectivity index (χ4n) is 0.385. The van der Waals surface area contributed by atoms with E-state index in [2.05, 4.69) is 0 Å². The molecule has 4 heteroatoms. The zero-order valence-corrected chi connectivity index (χ0v) is 5.30. The van der Waals surface area contributed by atoms with Crippen molar-refractivity contribution in [1.29, 1.82) is 0 Å². The topological polar surface area (TPSA) is 46.5 Å². The molecule has 48 valence electrons. The second kappa shape index (κ2) is 2.59. The predicted octanol–water partition coefficient (Wildman–Crippen LogP) is 1.26. The third-order valence-electron chi connectivity index (χ3n) is 0.723. The van der Waals surface area contributed by atoms with E-state index in [4.69, 9.17) is 9.29 Å². The lowest BCUT2D eigenvalue weighted by Gasteiger charge is -1.93. The third-order valence-corrected chi connectivity index (χ3v) is 1.79. The van der Waals surface area contributed by atoms with Crippen molar-refractivity contribution in [3.8, 4) is 0 Å². The van der Waals surface area contributed by atoms with Gasteiger partial charge in [-0.05, 0) is 12.2 Å². The van der Waals surface area contributed by atoms with Crippen molar-refractivity contribution in [2.24, 2.45) is 0 Å². The number of hydrogen-bond acceptors (Lipinski definition) is 2. The largest absolute Gasteiger partial charge is 0.575 e. The molecular weight excluding hydrogens is 140 g/mol. The average Bonchev–Trinajstić information content (AvgIpc) is 1.90. The van der Waals surface area contributed by atoms with E-state index in [-0.39, 0.29) is 0 Å². The zero-order chi connectivity index (χ0) is 6.69. The van der Waals surface area contributed by atoms with Gasteiger partial charge in [-0.25, -0.2) is 0 Å². The summed E-state index contributed by atoms with van der Waals surface area (Å²) in [5.41, 5.74) is 0. The first-order valence-corrected chi connectivity index (χ1v) is 3.48. The van der Waals surface area contributed by atoms with Crippen LogP contribution in [0.2, 0.25) is 0 Å². The van der Waals surface area contributed by atoms with Crippen molar-refractivity contribution in [2.45, 2.75) is 0 Å². The van der Waals surface area contributed by atoms with Gasteiger partial charge in [0.05, 0.1) is 0 Å². The van der Waals surface area contributed by atoms with Crippen molar-refractivity contribution in [2.75, 3.05) is 0 Å². The second-order valence-electron chi connectivity index (χ2n) is 1.32. The Morgan fingerprint density at radius 1 is 1.56 bits per heavy atom. The van der Waals surface area contributed by atoms with Crippen LogP contribution in [0.3, 0.4) is 0 Å². The molecule has 1 aliphatic rings. The molecular formula is C5H5O3S+. The summed E-state index contributed by atoms with van der Waals surface area (Å²) in [4.78, 5) is 10.2. The fourth-order valence-corrected chi connectivity index (χ4v) is 1.07. The van der Waals surface area contributed by atoms with Crippen molar-refractivity contribution in [3.63, 3.8) is 0 Å².